The number of likely N-dealkylation sites (tertiary alicyclic amines) is 1. The second-order valence-electron chi connectivity index (χ2n) is 4.67. The van der Waals surface area contributed by atoms with Crippen LogP contribution in [0.4, 0.5) is 0 Å². The van der Waals surface area contributed by atoms with E-state index in [2.05, 4.69) is 4.90 Å². The van der Waals surface area contributed by atoms with Gasteiger partial charge < -0.3 is 10.5 Å². The standard InChI is InChI=1S/C14H20N2O2/c1-18-12-7-5-11(6-8-12)13(14(15)17)16-9-3-2-4-10-16/h5-8,13H,2-4,9-10H2,1H3,(H2,15,17)/t13-/m1/s1. The Kier molecular flexibility index (Phi) is 4.20. The highest BCUT2D eigenvalue weighted by Crippen LogP contribution is 2.25. The van der Waals surface area contributed by atoms with Gasteiger partial charge in [-0.25, -0.2) is 0 Å². The lowest BCUT2D eigenvalue weighted by Crippen LogP contribution is -2.40. The molecule has 1 aliphatic heterocycles. The van der Waals surface area contributed by atoms with E-state index in [4.69, 9.17) is 10.5 Å². The molecule has 0 unspecified atom stereocenters. The van der Waals surface area contributed by atoms with Crippen molar-refractivity contribution in [2.45, 2.75) is 25.3 Å². The molecule has 0 aliphatic carbocycles. The Bertz CT molecular complexity index is 397. The molecule has 0 radical (unpaired) electrons. The van der Waals surface area contributed by atoms with Crippen molar-refractivity contribution in [3.8, 4) is 5.75 Å². The fourth-order valence-electron chi connectivity index (χ4n) is 2.52. The highest BCUT2D eigenvalue weighted by Gasteiger charge is 2.26. The molecule has 2 N–H and O–H groups in total. The first-order valence-electron chi connectivity index (χ1n) is 6.39. The number of benzene rings is 1. The molecule has 1 atom stereocenters. The van der Waals surface area contributed by atoms with Crippen molar-refractivity contribution >= 4 is 5.91 Å². The Labute approximate surface area is 108 Å². The average Bonchev–Trinajstić information content (AvgIpc) is 2.40. The van der Waals surface area contributed by atoms with E-state index in [0.717, 1.165) is 37.2 Å². The van der Waals surface area contributed by atoms with Gasteiger partial charge in [-0.1, -0.05) is 18.6 Å². The summed E-state index contributed by atoms with van der Waals surface area (Å²) >= 11 is 0. The minimum atomic E-state index is -0.309. The van der Waals surface area contributed by atoms with Gasteiger partial charge in [-0.15, -0.1) is 0 Å². The minimum Gasteiger partial charge on any atom is -0.497 e. The molecule has 1 fully saturated rings. The smallest absolute Gasteiger partial charge is 0.239 e. The van der Waals surface area contributed by atoms with Crippen LogP contribution < -0.4 is 10.5 Å². The molecule has 18 heavy (non-hydrogen) atoms. The lowest BCUT2D eigenvalue weighted by Gasteiger charge is -2.32. The van der Waals surface area contributed by atoms with Crippen LogP contribution in [-0.4, -0.2) is 31.0 Å². The summed E-state index contributed by atoms with van der Waals surface area (Å²) in [7, 11) is 1.63. The van der Waals surface area contributed by atoms with E-state index in [1.54, 1.807) is 7.11 Å². The zero-order chi connectivity index (χ0) is 13.0. The number of methoxy groups -OCH3 is 1. The number of nitrogens with two attached hydrogens (primary N) is 1. The zero-order valence-corrected chi connectivity index (χ0v) is 10.8. The average molecular weight is 248 g/mol. The van der Waals surface area contributed by atoms with Crippen LogP contribution in [0.3, 0.4) is 0 Å². The zero-order valence-electron chi connectivity index (χ0n) is 10.8. The molecule has 0 saturated carbocycles. The van der Waals surface area contributed by atoms with E-state index in [1.807, 2.05) is 24.3 Å². The number of primary amides is 1. The topological polar surface area (TPSA) is 55.6 Å². The summed E-state index contributed by atoms with van der Waals surface area (Å²) in [6.45, 7) is 1.89. The van der Waals surface area contributed by atoms with Gasteiger partial charge in [-0.05, 0) is 43.6 Å². The van der Waals surface area contributed by atoms with Crippen molar-refractivity contribution in [1.29, 1.82) is 0 Å². The number of carbonyl (C=O) groups excluding carboxylic acids is 1. The number of amides is 1. The molecule has 1 aliphatic rings. The Morgan fingerprint density at radius 2 is 1.83 bits per heavy atom. The lowest BCUT2D eigenvalue weighted by molar-refractivity contribution is -0.123. The van der Waals surface area contributed by atoms with Gasteiger partial charge in [-0.2, -0.15) is 0 Å². The highest BCUT2D eigenvalue weighted by atomic mass is 16.5. The molecule has 1 heterocycles. The molecule has 1 aromatic carbocycles. The normalized spacial score (nSPS) is 18.3. The Morgan fingerprint density at radius 3 is 2.33 bits per heavy atom. The summed E-state index contributed by atoms with van der Waals surface area (Å²) in [5, 5.41) is 0. The molecule has 4 heteroatoms. The summed E-state index contributed by atoms with van der Waals surface area (Å²) in [6, 6.07) is 7.27. The predicted molar refractivity (Wildman–Crippen MR) is 70.4 cm³/mol. The van der Waals surface area contributed by atoms with Crippen molar-refractivity contribution < 1.29 is 9.53 Å². The molecule has 0 aromatic heterocycles. The monoisotopic (exact) mass is 248 g/mol. The SMILES string of the molecule is COc1ccc([C@H](C(N)=O)N2CCCCC2)cc1. The Morgan fingerprint density at radius 1 is 1.22 bits per heavy atom. The van der Waals surface area contributed by atoms with Gasteiger partial charge in [0.25, 0.3) is 0 Å². The first-order chi connectivity index (χ1) is 8.72. The van der Waals surface area contributed by atoms with Crippen molar-refractivity contribution in [3.05, 3.63) is 29.8 Å². The largest absolute Gasteiger partial charge is 0.497 e. The molecular formula is C14H20N2O2. The first-order valence-corrected chi connectivity index (χ1v) is 6.39. The van der Waals surface area contributed by atoms with Crippen LogP contribution in [0.1, 0.15) is 30.9 Å². The molecule has 1 saturated heterocycles. The van der Waals surface area contributed by atoms with Gasteiger partial charge >= 0.3 is 0 Å². The van der Waals surface area contributed by atoms with Crippen molar-refractivity contribution in [3.63, 3.8) is 0 Å². The highest BCUT2D eigenvalue weighted by molar-refractivity contribution is 5.81. The minimum absolute atomic E-state index is 0.276. The van der Waals surface area contributed by atoms with Gasteiger partial charge in [0.05, 0.1) is 7.11 Å². The van der Waals surface area contributed by atoms with E-state index in [9.17, 15) is 4.79 Å². The molecule has 2 rings (SSSR count). The molecule has 0 bridgehead atoms. The summed E-state index contributed by atoms with van der Waals surface area (Å²) in [5.74, 6) is 0.516. The lowest BCUT2D eigenvalue weighted by atomic mass is 10.0. The summed E-state index contributed by atoms with van der Waals surface area (Å²) in [4.78, 5) is 13.9. The van der Waals surface area contributed by atoms with E-state index in [0.29, 0.717) is 0 Å². The van der Waals surface area contributed by atoms with Crippen molar-refractivity contribution in [2.75, 3.05) is 20.2 Å². The van der Waals surface area contributed by atoms with E-state index in [1.165, 1.54) is 6.42 Å². The van der Waals surface area contributed by atoms with Crippen molar-refractivity contribution in [1.82, 2.24) is 4.90 Å². The molecule has 98 valence electrons. The third-order valence-corrected chi connectivity index (χ3v) is 3.46. The fraction of sp³-hybridized carbons (Fsp3) is 0.500. The van der Waals surface area contributed by atoms with Gasteiger partial charge in [0.1, 0.15) is 11.8 Å². The summed E-state index contributed by atoms with van der Waals surface area (Å²) < 4.78 is 5.13. The second-order valence-corrected chi connectivity index (χ2v) is 4.67. The van der Waals surface area contributed by atoms with Crippen LogP contribution in [0.15, 0.2) is 24.3 Å². The summed E-state index contributed by atoms with van der Waals surface area (Å²) in [6.07, 6.45) is 3.52. The summed E-state index contributed by atoms with van der Waals surface area (Å²) in [5.41, 5.74) is 6.51. The van der Waals surface area contributed by atoms with Gasteiger partial charge in [-0.3, -0.25) is 9.69 Å². The predicted octanol–water partition coefficient (Wildman–Crippen LogP) is 1.71. The van der Waals surface area contributed by atoms with Gasteiger partial charge in [0.2, 0.25) is 5.91 Å². The van der Waals surface area contributed by atoms with Crippen LogP contribution in [0, 0.1) is 0 Å². The van der Waals surface area contributed by atoms with Gasteiger partial charge in [0, 0.05) is 0 Å². The first kappa shape index (κ1) is 12.9. The Hall–Kier alpha value is -1.55. The maximum atomic E-state index is 11.7. The third kappa shape index (κ3) is 2.82. The maximum Gasteiger partial charge on any atom is 0.239 e. The quantitative estimate of drug-likeness (QED) is 0.882. The Balaban J connectivity index is 2.20. The number of rotatable bonds is 4. The number of hydrogen-bond donors (Lipinski definition) is 1. The molecule has 4 nitrogen and oxygen atoms in total. The maximum absolute atomic E-state index is 11.7. The second kappa shape index (κ2) is 5.87. The number of hydrogen-bond acceptors (Lipinski definition) is 3. The van der Waals surface area contributed by atoms with E-state index in [-0.39, 0.29) is 11.9 Å². The van der Waals surface area contributed by atoms with E-state index >= 15 is 0 Å². The number of piperidine rings is 1. The van der Waals surface area contributed by atoms with Crippen LogP contribution in [0.2, 0.25) is 0 Å². The number of ether oxygens (including phenoxy) is 1. The molecule has 1 amide bonds. The molecule has 0 spiro atoms. The van der Waals surface area contributed by atoms with Gasteiger partial charge in [0.15, 0.2) is 0 Å². The van der Waals surface area contributed by atoms with Crippen LogP contribution in [0.25, 0.3) is 0 Å². The van der Waals surface area contributed by atoms with E-state index < -0.39 is 0 Å². The third-order valence-electron chi connectivity index (χ3n) is 3.46. The van der Waals surface area contributed by atoms with Crippen molar-refractivity contribution in [2.24, 2.45) is 5.73 Å². The number of nitrogens with zero attached hydrogens (tertiary/aromatic N) is 1. The molecular weight excluding hydrogens is 228 g/mol. The molecule has 1 aromatic rings. The van der Waals surface area contributed by atoms with Crippen LogP contribution in [0.5, 0.6) is 5.75 Å². The number of carbonyl (C=O) groups is 1. The fourth-order valence-corrected chi connectivity index (χ4v) is 2.52. The van der Waals surface area contributed by atoms with Crippen LogP contribution in [-0.2, 0) is 4.79 Å². The van der Waals surface area contributed by atoms with Crippen LogP contribution >= 0.6 is 0 Å².